The van der Waals surface area contributed by atoms with Crippen LogP contribution in [0.5, 0.6) is 0 Å². The van der Waals surface area contributed by atoms with Crippen molar-refractivity contribution in [1.29, 1.82) is 0 Å². The highest BCUT2D eigenvalue weighted by atomic mass is 32.2. The van der Waals surface area contributed by atoms with Gasteiger partial charge in [0.15, 0.2) is 9.84 Å². The molecule has 6 heteroatoms. The average molecular weight is 294 g/mol. The van der Waals surface area contributed by atoms with E-state index in [1.807, 2.05) is 6.07 Å². The van der Waals surface area contributed by atoms with Gasteiger partial charge in [-0.05, 0) is 30.5 Å². The Kier molecular flexibility index (Phi) is 3.33. The summed E-state index contributed by atoms with van der Waals surface area (Å²) in [5.41, 5.74) is 1.45. The van der Waals surface area contributed by atoms with Crippen molar-refractivity contribution >= 4 is 26.4 Å². The number of nitrogens with zero attached hydrogens (tertiary/aromatic N) is 1. The van der Waals surface area contributed by atoms with Gasteiger partial charge in [0, 0.05) is 29.9 Å². The first-order valence-electron chi connectivity index (χ1n) is 6.52. The summed E-state index contributed by atoms with van der Waals surface area (Å²) in [6.07, 6.45) is 2.32. The van der Waals surface area contributed by atoms with E-state index in [1.54, 1.807) is 12.3 Å². The molecule has 1 aliphatic rings. The Hall–Kier alpha value is -1.69. The molecule has 4 nitrogen and oxygen atoms in total. The summed E-state index contributed by atoms with van der Waals surface area (Å²) in [6, 6.07) is 6.30. The van der Waals surface area contributed by atoms with Crippen molar-refractivity contribution in [1.82, 2.24) is 4.98 Å². The largest absolute Gasteiger partial charge is 0.384 e. The van der Waals surface area contributed by atoms with Crippen LogP contribution in [0.3, 0.4) is 0 Å². The summed E-state index contributed by atoms with van der Waals surface area (Å²) in [7, 11) is -2.85. The lowest BCUT2D eigenvalue weighted by Gasteiger charge is -2.12. The molecule has 0 unspecified atom stereocenters. The fraction of sp³-hybridized carbons (Fsp3) is 0.357. The van der Waals surface area contributed by atoms with Gasteiger partial charge in [-0.1, -0.05) is 0 Å². The Balaban J connectivity index is 1.78. The maximum atomic E-state index is 13.2. The molecule has 0 saturated carbocycles. The molecule has 2 aromatic rings. The Morgan fingerprint density at radius 1 is 1.35 bits per heavy atom. The lowest BCUT2D eigenvalue weighted by Crippen LogP contribution is -2.15. The van der Waals surface area contributed by atoms with Crippen LogP contribution < -0.4 is 5.32 Å². The second kappa shape index (κ2) is 5.01. The van der Waals surface area contributed by atoms with Crippen molar-refractivity contribution in [2.45, 2.75) is 6.42 Å². The first-order chi connectivity index (χ1) is 9.53. The molecule has 1 aromatic heterocycles. The van der Waals surface area contributed by atoms with Crippen LogP contribution in [0.1, 0.15) is 6.42 Å². The van der Waals surface area contributed by atoms with Gasteiger partial charge in [0.2, 0.25) is 0 Å². The number of rotatable bonds is 3. The van der Waals surface area contributed by atoms with E-state index in [4.69, 9.17) is 0 Å². The van der Waals surface area contributed by atoms with Gasteiger partial charge in [0.05, 0.1) is 17.0 Å². The molecule has 106 valence electrons. The van der Waals surface area contributed by atoms with Gasteiger partial charge in [0.25, 0.3) is 0 Å². The van der Waals surface area contributed by atoms with Crippen LogP contribution in [0.15, 0.2) is 30.5 Å². The smallest absolute Gasteiger partial charge is 0.150 e. The highest BCUT2D eigenvalue weighted by molar-refractivity contribution is 7.91. The van der Waals surface area contributed by atoms with Crippen molar-refractivity contribution in [3.63, 3.8) is 0 Å². The van der Waals surface area contributed by atoms with E-state index in [9.17, 15) is 12.8 Å². The lowest BCUT2D eigenvalue weighted by molar-refractivity contribution is 0.596. The number of fused-ring (bicyclic) bond motifs is 1. The lowest BCUT2D eigenvalue weighted by atomic mass is 10.1. The number of sulfone groups is 1. The number of hydrogen-bond donors (Lipinski definition) is 1. The van der Waals surface area contributed by atoms with Crippen LogP contribution in [0, 0.1) is 11.7 Å². The van der Waals surface area contributed by atoms with Gasteiger partial charge in [-0.25, -0.2) is 12.8 Å². The Labute approximate surface area is 116 Å². The summed E-state index contributed by atoms with van der Waals surface area (Å²) >= 11 is 0. The third-order valence-electron chi connectivity index (χ3n) is 3.61. The molecule has 2 heterocycles. The van der Waals surface area contributed by atoms with Crippen LogP contribution in [0.2, 0.25) is 0 Å². The zero-order valence-corrected chi connectivity index (χ0v) is 11.7. The number of benzene rings is 1. The number of pyridine rings is 1. The molecule has 0 amide bonds. The van der Waals surface area contributed by atoms with E-state index in [0.29, 0.717) is 18.5 Å². The van der Waals surface area contributed by atoms with Crippen molar-refractivity contribution in [2.75, 3.05) is 23.4 Å². The SMILES string of the molecule is O=S1(=O)CC[C@H](CNc2ccnc3cc(F)ccc23)C1. The van der Waals surface area contributed by atoms with Crippen molar-refractivity contribution < 1.29 is 12.8 Å². The van der Waals surface area contributed by atoms with E-state index in [-0.39, 0.29) is 23.2 Å². The number of halogens is 1. The molecule has 20 heavy (non-hydrogen) atoms. The molecule has 1 saturated heterocycles. The van der Waals surface area contributed by atoms with E-state index < -0.39 is 9.84 Å². The van der Waals surface area contributed by atoms with E-state index >= 15 is 0 Å². The van der Waals surface area contributed by atoms with E-state index in [2.05, 4.69) is 10.3 Å². The summed E-state index contributed by atoms with van der Waals surface area (Å²) in [5, 5.41) is 4.10. The predicted molar refractivity (Wildman–Crippen MR) is 77.0 cm³/mol. The molecule has 1 N–H and O–H groups in total. The standard InChI is InChI=1S/C14H15FN2O2S/c15-11-1-2-12-13(3-5-16-14(12)7-11)17-8-10-4-6-20(18,19)9-10/h1-3,5,7,10H,4,6,8-9H2,(H,16,17)/t10-/m1/s1. The molecule has 1 aliphatic heterocycles. The van der Waals surface area contributed by atoms with Crippen LogP contribution in [-0.2, 0) is 9.84 Å². The number of aromatic nitrogens is 1. The maximum absolute atomic E-state index is 13.2. The predicted octanol–water partition coefficient (Wildman–Crippen LogP) is 2.22. The van der Waals surface area contributed by atoms with Crippen molar-refractivity contribution in [2.24, 2.45) is 5.92 Å². The zero-order valence-electron chi connectivity index (χ0n) is 10.8. The van der Waals surface area contributed by atoms with E-state index in [1.165, 1.54) is 12.1 Å². The third-order valence-corrected chi connectivity index (χ3v) is 5.45. The average Bonchev–Trinajstić information content (AvgIpc) is 2.75. The van der Waals surface area contributed by atoms with Crippen molar-refractivity contribution in [3.8, 4) is 0 Å². The zero-order chi connectivity index (χ0) is 14.2. The first-order valence-corrected chi connectivity index (χ1v) is 8.34. The number of anilines is 1. The number of hydrogen-bond acceptors (Lipinski definition) is 4. The minimum Gasteiger partial charge on any atom is -0.384 e. The van der Waals surface area contributed by atoms with Gasteiger partial charge in [-0.15, -0.1) is 0 Å². The molecule has 1 atom stereocenters. The van der Waals surface area contributed by atoms with Gasteiger partial charge in [0.1, 0.15) is 5.82 Å². The molecule has 0 bridgehead atoms. The molecular formula is C14H15FN2O2S. The van der Waals surface area contributed by atoms with Crippen LogP contribution in [0.25, 0.3) is 10.9 Å². The molecule has 1 aromatic carbocycles. The normalized spacial score (nSPS) is 21.1. The minimum absolute atomic E-state index is 0.142. The van der Waals surface area contributed by atoms with Crippen LogP contribution >= 0.6 is 0 Å². The van der Waals surface area contributed by atoms with Gasteiger partial charge >= 0.3 is 0 Å². The Bertz CT molecular complexity index is 746. The summed E-state index contributed by atoms with van der Waals surface area (Å²) in [4.78, 5) is 4.13. The molecule has 0 aliphatic carbocycles. The molecule has 0 radical (unpaired) electrons. The third kappa shape index (κ3) is 2.75. The van der Waals surface area contributed by atoms with Gasteiger partial charge in [-0.2, -0.15) is 0 Å². The summed E-state index contributed by atoms with van der Waals surface area (Å²) in [5.74, 6) is 0.354. The van der Waals surface area contributed by atoms with Gasteiger partial charge in [-0.3, -0.25) is 4.98 Å². The highest BCUT2D eigenvalue weighted by Crippen LogP contribution is 2.24. The van der Waals surface area contributed by atoms with Gasteiger partial charge < -0.3 is 5.32 Å². The van der Waals surface area contributed by atoms with Crippen molar-refractivity contribution in [3.05, 3.63) is 36.3 Å². The Morgan fingerprint density at radius 2 is 2.20 bits per heavy atom. The maximum Gasteiger partial charge on any atom is 0.150 e. The van der Waals surface area contributed by atoms with Crippen LogP contribution in [0.4, 0.5) is 10.1 Å². The molecule has 3 rings (SSSR count). The second-order valence-corrected chi connectivity index (χ2v) is 7.40. The first kappa shape index (κ1) is 13.3. The fourth-order valence-corrected chi connectivity index (χ4v) is 4.42. The summed E-state index contributed by atoms with van der Waals surface area (Å²) in [6.45, 7) is 0.607. The quantitative estimate of drug-likeness (QED) is 0.943. The molecule has 0 spiro atoms. The highest BCUT2D eigenvalue weighted by Gasteiger charge is 2.27. The fourth-order valence-electron chi connectivity index (χ4n) is 2.56. The molecule has 1 fully saturated rings. The van der Waals surface area contributed by atoms with Crippen LogP contribution in [-0.4, -0.2) is 31.5 Å². The minimum atomic E-state index is -2.85. The van der Waals surface area contributed by atoms with E-state index in [0.717, 1.165) is 11.1 Å². The summed E-state index contributed by atoms with van der Waals surface area (Å²) < 4.78 is 36.0. The second-order valence-electron chi connectivity index (χ2n) is 5.17. The molecular weight excluding hydrogens is 279 g/mol. The Morgan fingerprint density at radius 3 is 2.95 bits per heavy atom. The monoisotopic (exact) mass is 294 g/mol. The topological polar surface area (TPSA) is 59.1 Å². The number of nitrogens with one attached hydrogen (secondary N) is 1.